The van der Waals surface area contributed by atoms with Gasteiger partial charge in [-0.15, -0.1) is 5.10 Å². The first-order valence-corrected chi connectivity index (χ1v) is 9.12. The monoisotopic (exact) mass is 338 g/mol. The summed E-state index contributed by atoms with van der Waals surface area (Å²) in [7, 11) is -1.15. The van der Waals surface area contributed by atoms with Crippen molar-refractivity contribution in [2.75, 3.05) is 12.4 Å². The van der Waals surface area contributed by atoms with Crippen LogP contribution in [0.5, 0.6) is 0 Å². The van der Waals surface area contributed by atoms with Crippen LogP contribution < -0.4 is 0 Å². The molecule has 6 nitrogen and oxygen atoms in total. The molecule has 124 valence electrons. The molecule has 2 aromatic rings. The van der Waals surface area contributed by atoms with Crippen molar-refractivity contribution in [1.29, 1.82) is 0 Å². The second-order valence-corrected chi connectivity index (χ2v) is 7.20. The van der Waals surface area contributed by atoms with Crippen molar-refractivity contribution < 1.29 is 13.3 Å². The van der Waals surface area contributed by atoms with Gasteiger partial charge in [-0.3, -0.25) is 4.21 Å². The van der Waals surface area contributed by atoms with Gasteiger partial charge >= 0.3 is 0 Å². The van der Waals surface area contributed by atoms with Crippen LogP contribution in [0, 0.1) is 12.7 Å². The molecular formula is C15H19FN4O2S. The Morgan fingerprint density at radius 1 is 1.43 bits per heavy atom. The van der Waals surface area contributed by atoms with E-state index in [2.05, 4.69) is 15.5 Å². The van der Waals surface area contributed by atoms with Gasteiger partial charge in [-0.2, -0.15) is 4.68 Å². The minimum atomic E-state index is -1.15. The fourth-order valence-electron chi connectivity index (χ4n) is 2.62. The van der Waals surface area contributed by atoms with Gasteiger partial charge in [-0.1, -0.05) is 6.07 Å². The maximum Gasteiger partial charge on any atom is 0.169 e. The van der Waals surface area contributed by atoms with Gasteiger partial charge < -0.3 is 4.74 Å². The summed E-state index contributed by atoms with van der Waals surface area (Å²) in [4.78, 5) is 0. The van der Waals surface area contributed by atoms with E-state index in [1.165, 1.54) is 10.7 Å². The first kappa shape index (κ1) is 16.2. The second kappa shape index (κ2) is 7.27. The van der Waals surface area contributed by atoms with Gasteiger partial charge in [0.2, 0.25) is 0 Å². The van der Waals surface area contributed by atoms with Crippen molar-refractivity contribution in [3.05, 3.63) is 35.4 Å². The SMILES string of the molecule is Cc1ccc(F)c(-n2nnnc2C[S@@](=O)C[C@H]2CCCCO2)c1. The second-order valence-electron chi connectivity index (χ2n) is 5.70. The molecule has 0 unspecified atom stereocenters. The zero-order valence-corrected chi connectivity index (χ0v) is 13.8. The van der Waals surface area contributed by atoms with E-state index in [-0.39, 0.29) is 17.5 Å². The van der Waals surface area contributed by atoms with Gasteiger partial charge in [0.15, 0.2) is 5.82 Å². The Bertz CT molecular complexity index is 701. The predicted octanol–water partition coefficient (Wildman–Crippen LogP) is 1.93. The van der Waals surface area contributed by atoms with E-state index in [4.69, 9.17) is 4.74 Å². The first-order valence-electron chi connectivity index (χ1n) is 7.64. The number of hydrogen-bond donors (Lipinski definition) is 0. The summed E-state index contributed by atoms with van der Waals surface area (Å²) in [6.45, 7) is 2.60. The van der Waals surface area contributed by atoms with E-state index in [9.17, 15) is 8.60 Å². The van der Waals surface area contributed by atoms with Gasteiger partial charge in [0.1, 0.15) is 11.5 Å². The molecular weight excluding hydrogens is 319 g/mol. The Morgan fingerprint density at radius 2 is 2.30 bits per heavy atom. The number of rotatable bonds is 5. The number of halogens is 1. The number of hydrogen-bond acceptors (Lipinski definition) is 5. The third-order valence-electron chi connectivity index (χ3n) is 3.80. The number of nitrogens with zero attached hydrogens (tertiary/aromatic N) is 4. The van der Waals surface area contributed by atoms with Gasteiger partial charge in [-0.25, -0.2) is 4.39 Å². The average molecular weight is 338 g/mol. The molecule has 0 N–H and O–H groups in total. The summed E-state index contributed by atoms with van der Waals surface area (Å²) in [5.41, 5.74) is 1.18. The molecule has 0 saturated carbocycles. The van der Waals surface area contributed by atoms with Crippen molar-refractivity contribution in [3.63, 3.8) is 0 Å². The lowest BCUT2D eigenvalue weighted by molar-refractivity contribution is 0.0310. The Balaban J connectivity index is 1.73. The fourth-order valence-corrected chi connectivity index (χ4v) is 3.88. The average Bonchev–Trinajstić information content (AvgIpc) is 2.98. The normalized spacial score (nSPS) is 19.7. The standard InChI is InChI=1S/C15H19FN4O2S/c1-11-5-6-13(16)14(8-11)20-15(17-18-19-20)10-23(21)9-12-4-2-3-7-22-12/h5-6,8,12H,2-4,7,9-10H2,1H3/t12-,23+/m1/s1. The molecule has 0 radical (unpaired) electrons. The third-order valence-corrected chi connectivity index (χ3v) is 5.12. The summed E-state index contributed by atoms with van der Waals surface area (Å²) in [5.74, 6) is 0.623. The molecule has 1 aliphatic heterocycles. The molecule has 0 spiro atoms. The topological polar surface area (TPSA) is 69.9 Å². The third kappa shape index (κ3) is 4.00. The predicted molar refractivity (Wildman–Crippen MR) is 84.2 cm³/mol. The van der Waals surface area contributed by atoms with Crippen molar-refractivity contribution in [2.24, 2.45) is 0 Å². The van der Waals surface area contributed by atoms with Gasteiger partial charge in [0.05, 0.1) is 17.6 Å². The summed E-state index contributed by atoms with van der Waals surface area (Å²) >= 11 is 0. The van der Waals surface area contributed by atoms with Crippen LogP contribution in [0.15, 0.2) is 18.2 Å². The molecule has 2 heterocycles. The molecule has 23 heavy (non-hydrogen) atoms. The number of ether oxygens (including phenoxy) is 1. The van der Waals surface area contributed by atoms with Crippen molar-refractivity contribution in [2.45, 2.75) is 38.0 Å². The molecule has 3 rings (SSSR count). The Kier molecular flexibility index (Phi) is 5.12. The zero-order valence-electron chi connectivity index (χ0n) is 12.9. The largest absolute Gasteiger partial charge is 0.377 e. The van der Waals surface area contributed by atoms with Crippen LogP contribution in [0.1, 0.15) is 30.7 Å². The van der Waals surface area contributed by atoms with Crippen molar-refractivity contribution in [3.8, 4) is 5.69 Å². The van der Waals surface area contributed by atoms with E-state index >= 15 is 0 Å². The van der Waals surface area contributed by atoms with Gasteiger partial charge in [0, 0.05) is 17.4 Å². The highest BCUT2D eigenvalue weighted by Crippen LogP contribution is 2.17. The highest BCUT2D eigenvalue weighted by Gasteiger charge is 2.20. The Morgan fingerprint density at radius 3 is 3.09 bits per heavy atom. The summed E-state index contributed by atoms with van der Waals surface area (Å²) in [6.07, 6.45) is 3.13. The quantitative estimate of drug-likeness (QED) is 0.833. The van der Waals surface area contributed by atoms with Crippen LogP contribution in [0.25, 0.3) is 5.69 Å². The summed E-state index contributed by atoms with van der Waals surface area (Å²) in [6, 6.07) is 4.73. The lowest BCUT2D eigenvalue weighted by atomic mass is 10.1. The van der Waals surface area contributed by atoms with Crippen LogP contribution in [-0.4, -0.2) is 42.9 Å². The summed E-state index contributed by atoms with van der Waals surface area (Å²) in [5, 5.41) is 11.3. The maximum absolute atomic E-state index is 14.0. The number of aryl methyl sites for hydroxylation is 1. The Hall–Kier alpha value is -1.67. The van der Waals surface area contributed by atoms with Gasteiger partial charge in [-0.05, 0) is 54.3 Å². The molecule has 1 aromatic carbocycles. The van der Waals surface area contributed by atoms with Crippen molar-refractivity contribution in [1.82, 2.24) is 20.2 Å². The molecule has 1 aromatic heterocycles. The number of tetrazole rings is 1. The maximum atomic E-state index is 14.0. The lowest BCUT2D eigenvalue weighted by Crippen LogP contribution is -2.26. The minimum Gasteiger partial charge on any atom is -0.377 e. The van der Waals surface area contributed by atoms with Crippen LogP contribution >= 0.6 is 0 Å². The van der Waals surface area contributed by atoms with Crippen molar-refractivity contribution >= 4 is 10.8 Å². The van der Waals surface area contributed by atoms with E-state index in [0.29, 0.717) is 11.6 Å². The van der Waals surface area contributed by atoms with E-state index in [1.807, 2.05) is 6.92 Å². The smallest absolute Gasteiger partial charge is 0.169 e. The molecule has 0 aliphatic carbocycles. The van der Waals surface area contributed by atoms with E-state index in [0.717, 1.165) is 31.4 Å². The first-order chi connectivity index (χ1) is 11.1. The Labute approximate surface area is 136 Å². The number of benzene rings is 1. The zero-order chi connectivity index (χ0) is 16.2. The van der Waals surface area contributed by atoms with E-state index in [1.54, 1.807) is 12.1 Å². The molecule has 1 saturated heterocycles. The minimum absolute atomic E-state index is 0.0321. The highest BCUT2D eigenvalue weighted by molar-refractivity contribution is 7.84. The number of aromatic nitrogens is 4. The molecule has 1 aliphatic rings. The fraction of sp³-hybridized carbons (Fsp3) is 0.533. The highest BCUT2D eigenvalue weighted by atomic mass is 32.2. The molecule has 0 amide bonds. The summed E-state index contributed by atoms with van der Waals surface area (Å²) < 4.78 is 33.3. The lowest BCUT2D eigenvalue weighted by Gasteiger charge is -2.21. The van der Waals surface area contributed by atoms with Gasteiger partial charge in [0.25, 0.3) is 0 Å². The molecule has 8 heteroatoms. The van der Waals surface area contributed by atoms with Crippen LogP contribution in [-0.2, 0) is 21.3 Å². The molecule has 0 bridgehead atoms. The van der Waals surface area contributed by atoms with Crippen LogP contribution in [0.2, 0.25) is 0 Å². The molecule has 2 atom stereocenters. The van der Waals surface area contributed by atoms with Crippen LogP contribution in [0.4, 0.5) is 4.39 Å². The van der Waals surface area contributed by atoms with Crippen LogP contribution in [0.3, 0.4) is 0 Å². The van der Waals surface area contributed by atoms with E-state index < -0.39 is 16.6 Å². The molecule has 1 fully saturated rings.